The van der Waals surface area contributed by atoms with Gasteiger partial charge in [0.15, 0.2) is 9.84 Å². The summed E-state index contributed by atoms with van der Waals surface area (Å²) in [7, 11) is -3.22. The minimum absolute atomic E-state index is 0.00984. The monoisotopic (exact) mass is 469 g/mol. The number of aromatic nitrogens is 3. The number of sulfone groups is 1. The van der Waals surface area contributed by atoms with Crippen LogP contribution in [0.1, 0.15) is 43.8 Å². The lowest BCUT2D eigenvalue weighted by atomic mass is 9.81. The maximum absolute atomic E-state index is 13.1. The quantitative estimate of drug-likeness (QED) is 0.487. The Labute approximate surface area is 193 Å². The summed E-state index contributed by atoms with van der Waals surface area (Å²) in [4.78, 5) is 25.8. The highest BCUT2D eigenvalue weighted by molar-refractivity contribution is 7.91. The van der Waals surface area contributed by atoms with Gasteiger partial charge in [-0.15, -0.1) is 0 Å². The lowest BCUT2D eigenvalue weighted by Crippen LogP contribution is -2.32. The van der Waals surface area contributed by atoms with Crippen LogP contribution in [0.3, 0.4) is 0 Å². The Bertz CT molecular complexity index is 1250. The highest BCUT2D eigenvalue weighted by Gasteiger charge is 2.37. The fourth-order valence-corrected chi connectivity index (χ4v) is 5.24. The molecule has 0 atom stereocenters. The number of halogens is 1. The standard InChI is InChI=1S/C24H24ClN3O3S/c1-24(2,21-9-10-27-23(28-21)15-32(30,31)20-7-8-20)22(29)11-16-3-5-17(6-4-16)18-12-19(25)14-26-13-18/h3-6,9-10,12-14,20H,7-8,11,15H2,1-2H3. The average Bonchev–Trinajstić information content (AvgIpc) is 3.60. The Kier molecular flexibility index (Phi) is 6.14. The predicted octanol–water partition coefficient (Wildman–Crippen LogP) is 4.36. The number of hydrogen-bond acceptors (Lipinski definition) is 6. The van der Waals surface area contributed by atoms with Crippen molar-refractivity contribution < 1.29 is 13.2 Å². The van der Waals surface area contributed by atoms with Gasteiger partial charge in [0.25, 0.3) is 0 Å². The van der Waals surface area contributed by atoms with Crippen molar-refractivity contribution in [1.29, 1.82) is 0 Å². The summed E-state index contributed by atoms with van der Waals surface area (Å²) in [5, 5.41) is 0.299. The summed E-state index contributed by atoms with van der Waals surface area (Å²) in [6, 6.07) is 11.2. The van der Waals surface area contributed by atoms with Crippen LogP contribution in [0.4, 0.5) is 0 Å². The van der Waals surface area contributed by atoms with Crippen molar-refractivity contribution in [3.05, 3.63) is 77.1 Å². The van der Waals surface area contributed by atoms with Gasteiger partial charge in [0, 0.05) is 30.6 Å². The summed E-state index contributed by atoms with van der Waals surface area (Å²) >= 11 is 6.02. The van der Waals surface area contributed by atoms with Crippen LogP contribution in [0.15, 0.2) is 55.0 Å². The number of hydrogen-bond donors (Lipinski definition) is 0. The van der Waals surface area contributed by atoms with Gasteiger partial charge in [-0.2, -0.15) is 0 Å². The maximum Gasteiger partial charge on any atom is 0.160 e. The summed E-state index contributed by atoms with van der Waals surface area (Å²) in [5.74, 6) is 0.0504. The summed E-state index contributed by atoms with van der Waals surface area (Å²) in [6.07, 6.45) is 6.51. The van der Waals surface area contributed by atoms with Crippen molar-refractivity contribution in [2.75, 3.05) is 0 Å². The molecule has 32 heavy (non-hydrogen) atoms. The molecule has 0 aliphatic heterocycles. The van der Waals surface area contributed by atoms with Gasteiger partial charge in [0.05, 0.1) is 21.4 Å². The minimum Gasteiger partial charge on any atom is -0.298 e. The van der Waals surface area contributed by atoms with E-state index in [1.165, 1.54) is 6.20 Å². The zero-order chi connectivity index (χ0) is 22.9. The van der Waals surface area contributed by atoms with Crippen LogP contribution < -0.4 is 0 Å². The molecule has 8 heteroatoms. The zero-order valence-electron chi connectivity index (χ0n) is 18.0. The molecule has 0 unspecified atom stereocenters. The number of rotatable bonds is 8. The summed E-state index contributed by atoms with van der Waals surface area (Å²) in [5.41, 5.74) is 2.40. The van der Waals surface area contributed by atoms with Gasteiger partial charge in [-0.3, -0.25) is 9.78 Å². The molecule has 166 valence electrons. The largest absolute Gasteiger partial charge is 0.298 e. The number of Topliss-reactive ketones (excluding diaryl/α,β-unsaturated/α-hetero) is 1. The second kappa shape index (κ2) is 8.71. The summed E-state index contributed by atoms with van der Waals surface area (Å²) < 4.78 is 24.6. The Hall–Kier alpha value is -2.64. The zero-order valence-corrected chi connectivity index (χ0v) is 19.5. The highest BCUT2D eigenvalue weighted by Crippen LogP contribution is 2.31. The van der Waals surface area contributed by atoms with E-state index < -0.39 is 15.3 Å². The number of carbonyl (C=O) groups excluding carboxylic acids is 1. The third-order valence-corrected chi connectivity index (χ3v) is 8.12. The van der Waals surface area contributed by atoms with E-state index in [0.29, 0.717) is 23.6 Å². The van der Waals surface area contributed by atoms with Gasteiger partial charge < -0.3 is 0 Å². The van der Waals surface area contributed by atoms with Crippen LogP contribution in [-0.4, -0.2) is 34.4 Å². The first-order chi connectivity index (χ1) is 15.1. The van der Waals surface area contributed by atoms with Crippen molar-refractivity contribution >= 4 is 27.2 Å². The number of benzene rings is 1. The fraction of sp³-hybridized carbons (Fsp3) is 0.333. The van der Waals surface area contributed by atoms with Crippen molar-refractivity contribution in [3.8, 4) is 11.1 Å². The van der Waals surface area contributed by atoms with E-state index in [-0.39, 0.29) is 29.0 Å². The van der Waals surface area contributed by atoms with Crippen LogP contribution in [0, 0.1) is 0 Å². The molecule has 1 aliphatic carbocycles. The molecule has 0 saturated heterocycles. The molecule has 1 aliphatic rings. The second-order valence-electron chi connectivity index (χ2n) is 8.68. The van der Waals surface area contributed by atoms with E-state index in [9.17, 15) is 13.2 Å². The van der Waals surface area contributed by atoms with E-state index in [1.807, 2.05) is 44.2 Å². The number of pyridine rings is 1. The minimum atomic E-state index is -3.22. The molecule has 0 amide bonds. The second-order valence-corrected chi connectivity index (χ2v) is 11.4. The molecular formula is C24H24ClN3O3S. The molecular weight excluding hydrogens is 446 g/mol. The van der Waals surface area contributed by atoms with Gasteiger partial charge in [-0.1, -0.05) is 35.9 Å². The highest BCUT2D eigenvalue weighted by atomic mass is 35.5. The molecule has 6 nitrogen and oxygen atoms in total. The average molecular weight is 470 g/mol. The molecule has 2 heterocycles. The van der Waals surface area contributed by atoms with Crippen molar-refractivity contribution in [2.24, 2.45) is 0 Å². The molecule has 2 aromatic heterocycles. The van der Waals surface area contributed by atoms with Crippen LogP contribution in [0.2, 0.25) is 5.02 Å². The predicted molar refractivity (Wildman–Crippen MR) is 124 cm³/mol. The Morgan fingerprint density at radius 3 is 2.47 bits per heavy atom. The van der Waals surface area contributed by atoms with Gasteiger partial charge in [-0.05, 0) is 49.9 Å². The molecule has 1 fully saturated rings. The Morgan fingerprint density at radius 1 is 1.09 bits per heavy atom. The smallest absolute Gasteiger partial charge is 0.160 e. The van der Waals surface area contributed by atoms with Crippen LogP contribution >= 0.6 is 11.6 Å². The SMILES string of the molecule is CC(C)(C(=O)Cc1ccc(-c2cncc(Cl)c2)cc1)c1ccnc(CS(=O)(=O)C2CC2)n1. The molecule has 0 radical (unpaired) electrons. The van der Waals surface area contributed by atoms with E-state index in [0.717, 1.165) is 16.7 Å². The van der Waals surface area contributed by atoms with E-state index in [2.05, 4.69) is 15.0 Å². The van der Waals surface area contributed by atoms with E-state index in [1.54, 1.807) is 18.5 Å². The van der Waals surface area contributed by atoms with Gasteiger partial charge >= 0.3 is 0 Å². The third kappa shape index (κ3) is 5.05. The maximum atomic E-state index is 13.1. The van der Waals surface area contributed by atoms with Gasteiger partial charge in [0.2, 0.25) is 0 Å². The topological polar surface area (TPSA) is 89.9 Å². The number of ketones is 1. The van der Waals surface area contributed by atoms with E-state index >= 15 is 0 Å². The Balaban J connectivity index is 1.48. The van der Waals surface area contributed by atoms with Crippen molar-refractivity contribution in [1.82, 2.24) is 15.0 Å². The summed E-state index contributed by atoms with van der Waals surface area (Å²) in [6.45, 7) is 3.62. The van der Waals surface area contributed by atoms with Crippen molar-refractivity contribution in [2.45, 2.75) is 49.5 Å². The number of nitrogens with zero attached hydrogens (tertiary/aromatic N) is 3. The third-order valence-electron chi connectivity index (χ3n) is 5.76. The first kappa shape index (κ1) is 22.6. The van der Waals surface area contributed by atoms with Crippen LogP contribution in [0.25, 0.3) is 11.1 Å². The molecule has 0 N–H and O–H groups in total. The molecule has 1 saturated carbocycles. The Morgan fingerprint density at radius 2 is 1.81 bits per heavy atom. The molecule has 0 bridgehead atoms. The fourth-order valence-electron chi connectivity index (χ4n) is 3.48. The van der Waals surface area contributed by atoms with Crippen LogP contribution in [0.5, 0.6) is 0 Å². The first-order valence-corrected chi connectivity index (χ1v) is 12.5. The normalized spacial score (nSPS) is 14.3. The van der Waals surface area contributed by atoms with Gasteiger partial charge in [-0.25, -0.2) is 18.4 Å². The molecule has 1 aromatic carbocycles. The van der Waals surface area contributed by atoms with Crippen LogP contribution in [-0.2, 0) is 32.2 Å². The first-order valence-electron chi connectivity index (χ1n) is 10.4. The van der Waals surface area contributed by atoms with Crippen molar-refractivity contribution in [3.63, 3.8) is 0 Å². The number of carbonyl (C=O) groups is 1. The lowest BCUT2D eigenvalue weighted by molar-refractivity contribution is -0.122. The lowest BCUT2D eigenvalue weighted by Gasteiger charge is -2.23. The molecule has 3 aromatic rings. The van der Waals surface area contributed by atoms with Gasteiger partial charge in [0.1, 0.15) is 17.4 Å². The molecule has 4 rings (SSSR count). The van der Waals surface area contributed by atoms with E-state index in [4.69, 9.17) is 11.6 Å². The molecule has 0 spiro atoms.